The third-order valence-corrected chi connectivity index (χ3v) is 5.21. The van der Waals surface area contributed by atoms with Gasteiger partial charge in [-0.1, -0.05) is 18.2 Å². The molecule has 5 N–H and O–H groups in total. The maximum atomic E-state index is 8.49. The highest BCUT2D eigenvalue weighted by Gasteiger charge is 2.11. The lowest BCUT2D eigenvalue weighted by Crippen LogP contribution is -2.07. The van der Waals surface area contributed by atoms with Crippen molar-refractivity contribution >= 4 is 34.7 Å². The standard InChI is InChI=1S/C19H19N3OS2/c20-18-7-6-14(23-9-8-15-5-2-10-24-15)12-17(18)19(21)13-3-1-4-16(11-13)25-22/h1-7,10-12,21H,8-9,20,22H2. The monoisotopic (exact) mass is 369 g/mol. The van der Waals surface area contributed by atoms with Gasteiger partial charge in [0.15, 0.2) is 0 Å². The minimum absolute atomic E-state index is 0.358. The summed E-state index contributed by atoms with van der Waals surface area (Å²) in [4.78, 5) is 2.20. The van der Waals surface area contributed by atoms with Gasteiger partial charge in [-0.15, -0.1) is 11.3 Å². The minimum Gasteiger partial charge on any atom is -0.493 e. The second-order valence-electron chi connectivity index (χ2n) is 5.45. The van der Waals surface area contributed by atoms with Gasteiger partial charge in [0.1, 0.15) is 5.75 Å². The van der Waals surface area contributed by atoms with Gasteiger partial charge in [0.2, 0.25) is 0 Å². The molecule has 25 heavy (non-hydrogen) atoms. The van der Waals surface area contributed by atoms with Crippen molar-refractivity contribution in [2.24, 2.45) is 5.14 Å². The van der Waals surface area contributed by atoms with Crippen LogP contribution >= 0.6 is 23.3 Å². The van der Waals surface area contributed by atoms with E-state index >= 15 is 0 Å². The highest BCUT2D eigenvalue weighted by molar-refractivity contribution is 7.97. The quantitative estimate of drug-likeness (QED) is 0.329. The van der Waals surface area contributed by atoms with E-state index in [9.17, 15) is 0 Å². The molecule has 0 saturated carbocycles. The summed E-state index contributed by atoms with van der Waals surface area (Å²) in [5, 5.41) is 16.2. The number of nitrogen functional groups attached to an aromatic ring is 1. The van der Waals surface area contributed by atoms with Gasteiger partial charge in [-0.25, -0.2) is 0 Å². The molecule has 3 aromatic rings. The smallest absolute Gasteiger partial charge is 0.120 e. The van der Waals surface area contributed by atoms with Crippen LogP contribution in [0.15, 0.2) is 64.9 Å². The molecule has 0 atom stereocenters. The van der Waals surface area contributed by atoms with Gasteiger partial charge in [0.05, 0.1) is 12.3 Å². The van der Waals surface area contributed by atoms with Crippen molar-refractivity contribution in [1.29, 1.82) is 5.41 Å². The van der Waals surface area contributed by atoms with Crippen molar-refractivity contribution in [3.05, 3.63) is 76.0 Å². The van der Waals surface area contributed by atoms with E-state index in [-0.39, 0.29) is 0 Å². The number of nitrogens with two attached hydrogens (primary N) is 2. The number of hydrogen-bond acceptors (Lipinski definition) is 6. The van der Waals surface area contributed by atoms with Crippen LogP contribution in [0.5, 0.6) is 5.75 Å². The van der Waals surface area contributed by atoms with Gasteiger partial charge in [-0.2, -0.15) is 0 Å². The molecule has 0 spiro atoms. The molecular weight excluding hydrogens is 350 g/mol. The van der Waals surface area contributed by atoms with E-state index in [1.54, 1.807) is 17.4 Å². The molecule has 3 rings (SSSR count). The summed E-state index contributed by atoms with van der Waals surface area (Å²) in [5.41, 5.74) is 8.43. The first-order chi connectivity index (χ1) is 12.2. The first-order valence-electron chi connectivity index (χ1n) is 7.78. The zero-order valence-electron chi connectivity index (χ0n) is 13.6. The van der Waals surface area contributed by atoms with Gasteiger partial charge in [-0.3, -0.25) is 10.5 Å². The van der Waals surface area contributed by atoms with Gasteiger partial charge in [0.25, 0.3) is 0 Å². The third-order valence-electron chi connectivity index (χ3n) is 3.75. The van der Waals surface area contributed by atoms with Crippen LogP contribution in [0.1, 0.15) is 16.0 Å². The zero-order valence-corrected chi connectivity index (χ0v) is 15.2. The van der Waals surface area contributed by atoms with E-state index in [4.69, 9.17) is 21.0 Å². The average molecular weight is 370 g/mol. The van der Waals surface area contributed by atoms with Crippen molar-refractivity contribution in [3.63, 3.8) is 0 Å². The van der Waals surface area contributed by atoms with E-state index in [1.165, 1.54) is 4.88 Å². The molecule has 1 aromatic heterocycles. The first kappa shape index (κ1) is 17.5. The van der Waals surface area contributed by atoms with Crippen LogP contribution in [0.4, 0.5) is 5.69 Å². The molecule has 0 amide bonds. The Labute approximate surface area is 155 Å². The topological polar surface area (TPSA) is 85.1 Å². The molecule has 0 aliphatic rings. The second kappa shape index (κ2) is 8.20. The predicted molar refractivity (Wildman–Crippen MR) is 107 cm³/mol. The number of ether oxygens (including phenoxy) is 1. The molecule has 2 aromatic carbocycles. The lowest BCUT2D eigenvalue weighted by molar-refractivity contribution is 0.323. The second-order valence-corrected chi connectivity index (χ2v) is 7.19. The Hall–Kier alpha value is -2.28. The van der Waals surface area contributed by atoms with Crippen molar-refractivity contribution < 1.29 is 4.74 Å². The molecule has 0 aliphatic carbocycles. The van der Waals surface area contributed by atoms with E-state index in [0.717, 1.165) is 34.6 Å². The van der Waals surface area contributed by atoms with E-state index in [0.29, 0.717) is 23.6 Å². The van der Waals surface area contributed by atoms with Crippen molar-refractivity contribution in [1.82, 2.24) is 0 Å². The zero-order chi connectivity index (χ0) is 17.6. The van der Waals surface area contributed by atoms with E-state index < -0.39 is 0 Å². The maximum Gasteiger partial charge on any atom is 0.120 e. The predicted octanol–water partition coefficient (Wildman–Crippen LogP) is 4.33. The number of nitrogens with one attached hydrogen (secondary N) is 1. The number of hydrogen-bond donors (Lipinski definition) is 3. The fourth-order valence-corrected chi connectivity index (χ4v) is 3.49. The van der Waals surface area contributed by atoms with Crippen LogP contribution in [-0.4, -0.2) is 12.3 Å². The summed E-state index contributed by atoms with van der Waals surface area (Å²) in [6, 6.07) is 17.2. The Balaban J connectivity index is 1.75. The average Bonchev–Trinajstić information content (AvgIpc) is 3.16. The summed E-state index contributed by atoms with van der Waals surface area (Å²) in [6.07, 6.45) is 0.866. The van der Waals surface area contributed by atoms with E-state index in [2.05, 4.69) is 11.4 Å². The molecule has 1 heterocycles. The molecule has 0 unspecified atom stereocenters. The summed E-state index contributed by atoms with van der Waals surface area (Å²) in [5.74, 6) is 0.717. The van der Waals surface area contributed by atoms with Crippen molar-refractivity contribution in [3.8, 4) is 5.75 Å². The Kier molecular flexibility index (Phi) is 5.75. The molecule has 6 heteroatoms. The summed E-state index contributed by atoms with van der Waals surface area (Å²) >= 11 is 2.88. The maximum absolute atomic E-state index is 8.49. The summed E-state index contributed by atoms with van der Waals surface area (Å²) in [7, 11) is 0. The lowest BCUT2D eigenvalue weighted by atomic mass is 10.0. The molecule has 0 saturated heterocycles. The van der Waals surface area contributed by atoms with Crippen LogP contribution in [0.25, 0.3) is 0 Å². The van der Waals surface area contributed by atoms with Gasteiger partial charge in [-0.05, 0) is 53.7 Å². The summed E-state index contributed by atoms with van der Waals surface area (Å²) < 4.78 is 5.84. The van der Waals surface area contributed by atoms with Crippen LogP contribution in [0.3, 0.4) is 0 Å². The number of benzene rings is 2. The number of anilines is 1. The molecular formula is C19H19N3OS2. The molecule has 0 radical (unpaired) electrons. The van der Waals surface area contributed by atoms with Gasteiger partial charge in [0, 0.05) is 33.0 Å². The van der Waals surface area contributed by atoms with Gasteiger partial charge >= 0.3 is 0 Å². The number of thiophene rings is 1. The molecule has 128 valence electrons. The highest BCUT2D eigenvalue weighted by atomic mass is 32.2. The van der Waals surface area contributed by atoms with Gasteiger partial charge < -0.3 is 10.5 Å². The molecule has 0 fully saturated rings. The Bertz CT molecular complexity index is 863. The Morgan fingerprint density at radius 2 is 2.00 bits per heavy atom. The van der Waals surface area contributed by atoms with Crippen molar-refractivity contribution in [2.75, 3.05) is 12.3 Å². The molecule has 4 nitrogen and oxygen atoms in total. The van der Waals surface area contributed by atoms with Crippen LogP contribution < -0.4 is 15.6 Å². The highest BCUT2D eigenvalue weighted by Crippen LogP contribution is 2.24. The van der Waals surface area contributed by atoms with Crippen molar-refractivity contribution in [2.45, 2.75) is 11.3 Å². The number of rotatable bonds is 7. The first-order valence-corrected chi connectivity index (χ1v) is 9.54. The van der Waals surface area contributed by atoms with Crippen LogP contribution in [0, 0.1) is 5.41 Å². The minimum atomic E-state index is 0.358. The fourth-order valence-electron chi connectivity index (χ4n) is 2.45. The third kappa shape index (κ3) is 4.42. The molecule has 0 bridgehead atoms. The SMILES string of the molecule is N=C(c1cccc(SN)c1)c1cc(OCCc2cccs2)ccc1N. The van der Waals surface area contributed by atoms with E-state index in [1.807, 2.05) is 42.5 Å². The van der Waals surface area contributed by atoms with Crippen LogP contribution in [0.2, 0.25) is 0 Å². The Morgan fingerprint density at radius 1 is 1.12 bits per heavy atom. The fraction of sp³-hybridized carbons (Fsp3) is 0.105. The van der Waals surface area contributed by atoms with Crippen LogP contribution in [-0.2, 0) is 6.42 Å². The molecule has 0 aliphatic heterocycles. The largest absolute Gasteiger partial charge is 0.493 e. The lowest BCUT2D eigenvalue weighted by Gasteiger charge is -2.12. The Morgan fingerprint density at radius 3 is 2.76 bits per heavy atom. The summed E-state index contributed by atoms with van der Waals surface area (Å²) in [6.45, 7) is 0.594. The normalized spacial score (nSPS) is 10.6.